The van der Waals surface area contributed by atoms with Gasteiger partial charge in [0.25, 0.3) is 0 Å². The van der Waals surface area contributed by atoms with Crippen LogP contribution >= 0.6 is 22.9 Å². The smallest absolute Gasteiger partial charge is 0.294 e. The molecular formula is C23H21ClN2O3S2. The van der Waals surface area contributed by atoms with E-state index in [1.54, 1.807) is 28.8 Å². The van der Waals surface area contributed by atoms with E-state index in [0.717, 1.165) is 22.5 Å². The van der Waals surface area contributed by atoms with Crippen molar-refractivity contribution in [2.75, 3.05) is 6.54 Å². The number of thiazole rings is 1. The van der Waals surface area contributed by atoms with Crippen LogP contribution in [0.15, 0.2) is 82.5 Å². The Morgan fingerprint density at radius 2 is 1.71 bits per heavy atom. The lowest BCUT2D eigenvalue weighted by atomic mass is 10.2. The van der Waals surface area contributed by atoms with E-state index in [4.69, 9.17) is 11.6 Å². The molecule has 1 aromatic heterocycles. The maximum Gasteiger partial charge on any atom is 0.308 e. The number of hydrogen-bond acceptors (Lipinski definition) is 4. The van der Waals surface area contributed by atoms with Gasteiger partial charge in [0.2, 0.25) is 10.0 Å². The second-order valence-electron chi connectivity index (χ2n) is 7.09. The van der Waals surface area contributed by atoms with Crippen molar-refractivity contribution >= 4 is 43.2 Å². The molecule has 0 aliphatic carbocycles. The number of benzene rings is 3. The molecule has 0 spiro atoms. The van der Waals surface area contributed by atoms with Gasteiger partial charge in [-0.15, -0.1) is 0 Å². The minimum atomic E-state index is -3.70. The molecule has 1 heterocycles. The zero-order valence-corrected chi connectivity index (χ0v) is 19.3. The average Bonchev–Trinajstić information content (AvgIpc) is 3.08. The zero-order valence-electron chi connectivity index (χ0n) is 16.9. The molecule has 31 heavy (non-hydrogen) atoms. The summed E-state index contributed by atoms with van der Waals surface area (Å²) in [6, 6.07) is 21.7. The second kappa shape index (κ2) is 8.96. The van der Waals surface area contributed by atoms with E-state index in [2.05, 4.69) is 0 Å². The third-order valence-corrected chi connectivity index (χ3v) is 8.35. The van der Waals surface area contributed by atoms with Crippen molar-refractivity contribution in [2.45, 2.75) is 24.9 Å². The summed E-state index contributed by atoms with van der Waals surface area (Å²) in [4.78, 5) is 12.7. The summed E-state index contributed by atoms with van der Waals surface area (Å²) in [5.74, 6) is 0. The van der Waals surface area contributed by atoms with Crippen LogP contribution in [0.25, 0.3) is 10.2 Å². The third kappa shape index (κ3) is 4.45. The first kappa shape index (κ1) is 21.8. The first-order valence-corrected chi connectivity index (χ1v) is 12.4. The Morgan fingerprint density at radius 3 is 2.42 bits per heavy atom. The normalized spacial score (nSPS) is 12.0. The lowest BCUT2D eigenvalue weighted by molar-refractivity contribution is 0.423. The minimum absolute atomic E-state index is 0.152. The Kier molecular flexibility index (Phi) is 6.29. The van der Waals surface area contributed by atoms with Gasteiger partial charge in [0.15, 0.2) is 0 Å². The second-order valence-corrected chi connectivity index (χ2v) is 10.4. The van der Waals surface area contributed by atoms with Gasteiger partial charge in [-0.25, -0.2) is 8.42 Å². The highest BCUT2D eigenvalue weighted by atomic mass is 35.5. The van der Waals surface area contributed by atoms with Crippen LogP contribution in [-0.4, -0.2) is 23.8 Å². The van der Waals surface area contributed by atoms with E-state index >= 15 is 0 Å². The molecule has 4 aromatic rings. The summed E-state index contributed by atoms with van der Waals surface area (Å²) in [6.07, 6.45) is 0. The van der Waals surface area contributed by atoms with E-state index in [9.17, 15) is 13.2 Å². The number of halogens is 1. The molecule has 0 bridgehead atoms. The molecule has 3 aromatic carbocycles. The van der Waals surface area contributed by atoms with Gasteiger partial charge < -0.3 is 0 Å². The molecule has 0 aliphatic rings. The standard InChI is InChI=1S/C23H21ClN2O3S2/c1-2-25(15-17-8-4-3-5-9-17)31(28,29)19-12-13-21-22(14-19)30-23(27)26(21)16-18-10-6-7-11-20(18)24/h3-14H,2,15-16H2,1H3. The number of rotatable bonds is 7. The summed E-state index contributed by atoms with van der Waals surface area (Å²) in [6.45, 7) is 2.79. The molecular weight excluding hydrogens is 452 g/mol. The molecule has 0 atom stereocenters. The maximum absolute atomic E-state index is 13.3. The first-order chi connectivity index (χ1) is 14.9. The molecule has 0 saturated carbocycles. The predicted molar refractivity (Wildman–Crippen MR) is 126 cm³/mol. The fourth-order valence-electron chi connectivity index (χ4n) is 3.46. The van der Waals surface area contributed by atoms with Crippen LogP contribution in [0, 0.1) is 0 Å². The number of aromatic nitrogens is 1. The Hall–Kier alpha value is -2.45. The van der Waals surface area contributed by atoms with Crippen LogP contribution in [-0.2, 0) is 23.1 Å². The van der Waals surface area contributed by atoms with Crippen molar-refractivity contribution in [3.8, 4) is 0 Å². The van der Waals surface area contributed by atoms with Gasteiger partial charge >= 0.3 is 4.87 Å². The van der Waals surface area contributed by atoms with Gasteiger partial charge in [-0.05, 0) is 35.4 Å². The SMILES string of the molecule is CCN(Cc1ccccc1)S(=O)(=O)c1ccc2c(c1)sc(=O)n2Cc1ccccc1Cl. The van der Waals surface area contributed by atoms with Crippen LogP contribution in [0.3, 0.4) is 0 Å². The van der Waals surface area contributed by atoms with Crippen molar-refractivity contribution in [1.82, 2.24) is 8.87 Å². The molecule has 0 amide bonds. The monoisotopic (exact) mass is 472 g/mol. The summed E-state index contributed by atoms with van der Waals surface area (Å²) >= 11 is 7.29. The molecule has 5 nitrogen and oxygen atoms in total. The summed E-state index contributed by atoms with van der Waals surface area (Å²) in [7, 11) is -3.70. The van der Waals surface area contributed by atoms with E-state index in [1.807, 2.05) is 55.5 Å². The zero-order chi connectivity index (χ0) is 22.0. The fourth-order valence-corrected chi connectivity index (χ4v) is 6.12. The van der Waals surface area contributed by atoms with Crippen molar-refractivity contribution in [2.24, 2.45) is 0 Å². The van der Waals surface area contributed by atoms with Crippen LogP contribution in [0.4, 0.5) is 0 Å². The Labute approximate surface area is 190 Å². The van der Waals surface area contributed by atoms with Crippen LogP contribution < -0.4 is 4.87 Å². The van der Waals surface area contributed by atoms with Crippen molar-refractivity contribution in [1.29, 1.82) is 0 Å². The molecule has 0 fully saturated rings. The summed E-state index contributed by atoms with van der Waals surface area (Å²) in [5, 5.41) is 0.590. The molecule has 0 radical (unpaired) electrons. The predicted octanol–water partition coefficient (Wildman–Crippen LogP) is 4.98. The number of sulfonamides is 1. The quantitative estimate of drug-likeness (QED) is 0.381. The number of nitrogens with zero attached hydrogens (tertiary/aromatic N) is 2. The van der Waals surface area contributed by atoms with Crippen LogP contribution in [0.5, 0.6) is 0 Å². The number of fused-ring (bicyclic) bond motifs is 1. The van der Waals surface area contributed by atoms with Gasteiger partial charge in [-0.2, -0.15) is 4.31 Å². The van der Waals surface area contributed by atoms with Gasteiger partial charge in [-0.1, -0.05) is 78.4 Å². The lowest BCUT2D eigenvalue weighted by Gasteiger charge is -2.20. The average molecular weight is 473 g/mol. The topological polar surface area (TPSA) is 59.4 Å². The van der Waals surface area contributed by atoms with Gasteiger partial charge in [0.1, 0.15) is 0 Å². The van der Waals surface area contributed by atoms with Crippen molar-refractivity contribution in [3.05, 3.63) is 98.6 Å². The van der Waals surface area contributed by atoms with Crippen molar-refractivity contribution < 1.29 is 8.42 Å². The molecule has 0 unspecified atom stereocenters. The highest BCUT2D eigenvalue weighted by Crippen LogP contribution is 2.26. The summed E-state index contributed by atoms with van der Waals surface area (Å²) in [5.41, 5.74) is 2.45. The highest BCUT2D eigenvalue weighted by Gasteiger charge is 2.24. The molecule has 0 saturated heterocycles. The van der Waals surface area contributed by atoms with Gasteiger partial charge in [-0.3, -0.25) is 9.36 Å². The molecule has 8 heteroatoms. The third-order valence-electron chi connectivity index (χ3n) is 5.12. The molecule has 0 N–H and O–H groups in total. The largest absolute Gasteiger partial charge is 0.308 e. The Balaban J connectivity index is 1.69. The summed E-state index contributed by atoms with van der Waals surface area (Å²) < 4.78 is 30.2. The lowest BCUT2D eigenvalue weighted by Crippen LogP contribution is -2.30. The van der Waals surface area contributed by atoms with Gasteiger partial charge in [0.05, 0.1) is 21.7 Å². The van der Waals surface area contributed by atoms with E-state index in [-0.39, 0.29) is 9.77 Å². The van der Waals surface area contributed by atoms with Crippen molar-refractivity contribution in [3.63, 3.8) is 0 Å². The van der Waals surface area contributed by atoms with Crippen LogP contribution in [0.2, 0.25) is 5.02 Å². The molecule has 160 valence electrons. The van der Waals surface area contributed by atoms with Gasteiger partial charge in [0, 0.05) is 18.1 Å². The Morgan fingerprint density at radius 1 is 1.00 bits per heavy atom. The first-order valence-electron chi connectivity index (χ1n) is 9.81. The van der Waals surface area contributed by atoms with Crippen LogP contribution in [0.1, 0.15) is 18.1 Å². The maximum atomic E-state index is 13.3. The van der Waals surface area contributed by atoms with E-state index in [0.29, 0.717) is 34.9 Å². The van der Waals surface area contributed by atoms with E-state index < -0.39 is 10.0 Å². The number of hydrogen-bond donors (Lipinski definition) is 0. The highest BCUT2D eigenvalue weighted by molar-refractivity contribution is 7.89. The minimum Gasteiger partial charge on any atom is -0.294 e. The van der Waals surface area contributed by atoms with E-state index in [1.165, 1.54) is 4.31 Å². The molecule has 4 rings (SSSR count). The fraction of sp³-hybridized carbons (Fsp3) is 0.174. The molecule has 0 aliphatic heterocycles. The Bertz CT molecular complexity index is 1380.